The van der Waals surface area contributed by atoms with Crippen molar-refractivity contribution in [3.63, 3.8) is 0 Å². The first-order valence-electron chi connectivity index (χ1n) is 14.1. The highest BCUT2D eigenvalue weighted by Crippen LogP contribution is 2.21. The maximum absolute atomic E-state index is 13.8. The van der Waals surface area contributed by atoms with Gasteiger partial charge in [-0.3, -0.25) is 9.59 Å². The Balaban J connectivity index is 1.51. The first-order valence-corrected chi connectivity index (χ1v) is 14.4. The number of benzene rings is 3. The van der Waals surface area contributed by atoms with Crippen LogP contribution >= 0.6 is 11.6 Å². The molecular formula is C33H39ClN2O3. The van der Waals surface area contributed by atoms with Gasteiger partial charge < -0.3 is 15.0 Å². The largest absolute Gasteiger partial charge is 0.494 e. The van der Waals surface area contributed by atoms with E-state index in [1.165, 1.54) is 6.42 Å². The molecule has 0 aromatic heterocycles. The molecule has 1 N–H and O–H groups in total. The zero-order valence-corrected chi connectivity index (χ0v) is 23.5. The molecule has 1 fully saturated rings. The molecule has 4 rings (SSSR count). The summed E-state index contributed by atoms with van der Waals surface area (Å²) in [5.41, 5.74) is 3.20. The van der Waals surface area contributed by atoms with Crippen LogP contribution in [-0.2, 0) is 22.6 Å². The van der Waals surface area contributed by atoms with Crippen molar-refractivity contribution in [1.82, 2.24) is 10.2 Å². The first kappa shape index (κ1) is 28.7. The average molecular weight is 547 g/mol. The zero-order chi connectivity index (χ0) is 27.5. The Morgan fingerprint density at radius 2 is 1.62 bits per heavy atom. The van der Waals surface area contributed by atoms with Crippen molar-refractivity contribution in [3.05, 3.63) is 101 Å². The summed E-state index contributed by atoms with van der Waals surface area (Å²) in [7, 11) is 0. The Morgan fingerprint density at radius 1 is 0.923 bits per heavy atom. The average Bonchev–Trinajstić information content (AvgIpc) is 2.96. The van der Waals surface area contributed by atoms with E-state index >= 15 is 0 Å². The number of nitrogens with zero attached hydrogens (tertiary/aromatic N) is 1. The molecule has 39 heavy (non-hydrogen) atoms. The quantitative estimate of drug-likeness (QED) is 0.251. The van der Waals surface area contributed by atoms with Gasteiger partial charge in [0, 0.05) is 30.5 Å². The molecular weight excluding hydrogens is 508 g/mol. The number of hydrogen-bond donors (Lipinski definition) is 1. The lowest BCUT2D eigenvalue weighted by Gasteiger charge is -2.33. The fourth-order valence-corrected chi connectivity index (χ4v) is 5.20. The Morgan fingerprint density at radius 3 is 2.31 bits per heavy atom. The van der Waals surface area contributed by atoms with Gasteiger partial charge in [-0.1, -0.05) is 91.0 Å². The first-order chi connectivity index (χ1) is 19.0. The van der Waals surface area contributed by atoms with Gasteiger partial charge in [-0.2, -0.15) is 0 Å². The van der Waals surface area contributed by atoms with Crippen LogP contribution in [0.3, 0.4) is 0 Å². The fourth-order valence-electron chi connectivity index (χ4n) is 5.08. The molecule has 5 nitrogen and oxygen atoms in total. The summed E-state index contributed by atoms with van der Waals surface area (Å²) in [6, 6.07) is 24.9. The predicted octanol–water partition coefficient (Wildman–Crippen LogP) is 6.90. The minimum atomic E-state index is -0.597. The Kier molecular flexibility index (Phi) is 10.8. The molecule has 1 aliphatic carbocycles. The van der Waals surface area contributed by atoms with Crippen LogP contribution in [0.25, 0.3) is 0 Å². The fraction of sp³-hybridized carbons (Fsp3) is 0.394. The van der Waals surface area contributed by atoms with Gasteiger partial charge in [0.1, 0.15) is 11.8 Å². The van der Waals surface area contributed by atoms with Crippen molar-refractivity contribution in [3.8, 4) is 5.75 Å². The van der Waals surface area contributed by atoms with Gasteiger partial charge in [-0.05, 0) is 61.6 Å². The highest BCUT2D eigenvalue weighted by molar-refractivity contribution is 6.30. The molecule has 0 heterocycles. The maximum Gasteiger partial charge on any atom is 0.243 e. The van der Waals surface area contributed by atoms with Gasteiger partial charge in [-0.15, -0.1) is 0 Å². The SMILES string of the molecule is Cc1ccc(CN(C(=O)CCCOc2ccc(Cl)cc2)[C@@H](Cc2ccccc2)C(=O)NC2CCCCC2)cc1. The maximum atomic E-state index is 13.8. The molecule has 6 heteroatoms. The summed E-state index contributed by atoms with van der Waals surface area (Å²) < 4.78 is 5.82. The molecule has 0 unspecified atom stereocenters. The summed E-state index contributed by atoms with van der Waals surface area (Å²) in [5, 5.41) is 3.95. The van der Waals surface area contributed by atoms with Crippen molar-refractivity contribution >= 4 is 23.4 Å². The summed E-state index contributed by atoms with van der Waals surface area (Å²) in [4.78, 5) is 29.4. The molecule has 206 valence electrons. The monoisotopic (exact) mass is 546 g/mol. The number of halogens is 1. The van der Waals surface area contributed by atoms with E-state index in [9.17, 15) is 9.59 Å². The Labute approximate surface area is 237 Å². The van der Waals surface area contributed by atoms with Gasteiger partial charge in [0.15, 0.2) is 0 Å². The second-order valence-electron chi connectivity index (χ2n) is 10.5. The van der Waals surface area contributed by atoms with Crippen molar-refractivity contribution < 1.29 is 14.3 Å². The van der Waals surface area contributed by atoms with Crippen LogP contribution in [0.15, 0.2) is 78.9 Å². The number of amides is 2. The van der Waals surface area contributed by atoms with Crippen molar-refractivity contribution in [2.75, 3.05) is 6.61 Å². The number of carbonyl (C=O) groups is 2. The molecule has 0 saturated heterocycles. The predicted molar refractivity (Wildman–Crippen MR) is 157 cm³/mol. The summed E-state index contributed by atoms with van der Waals surface area (Å²) in [5.74, 6) is 0.607. The van der Waals surface area contributed by atoms with E-state index in [1.807, 2.05) is 73.7 Å². The van der Waals surface area contributed by atoms with Crippen molar-refractivity contribution in [2.45, 2.75) is 76.9 Å². The summed E-state index contributed by atoms with van der Waals surface area (Å²) >= 11 is 5.96. The van der Waals surface area contributed by atoms with E-state index in [1.54, 1.807) is 17.0 Å². The van der Waals surface area contributed by atoms with Gasteiger partial charge in [-0.25, -0.2) is 0 Å². The van der Waals surface area contributed by atoms with E-state index in [-0.39, 0.29) is 17.9 Å². The van der Waals surface area contributed by atoms with Gasteiger partial charge in [0.25, 0.3) is 0 Å². The smallest absolute Gasteiger partial charge is 0.243 e. The van der Waals surface area contributed by atoms with E-state index in [0.717, 1.165) is 48.1 Å². The van der Waals surface area contributed by atoms with Crippen LogP contribution < -0.4 is 10.1 Å². The minimum Gasteiger partial charge on any atom is -0.494 e. The number of carbonyl (C=O) groups excluding carboxylic acids is 2. The number of ether oxygens (including phenoxy) is 1. The van der Waals surface area contributed by atoms with Crippen LogP contribution in [-0.4, -0.2) is 35.4 Å². The molecule has 1 atom stereocenters. The Hall–Kier alpha value is -3.31. The molecule has 1 aliphatic rings. The van der Waals surface area contributed by atoms with E-state index in [0.29, 0.717) is 37.4 Å². The molecule has 3 aromatic rings. The van der Waals surface area contributed by atoms with E-state index in [4.69, 9.17) is 16.3 Å². The molecule has 2 amide bonds. The second kappa shape index (κ2) is 14.7. The minimum absolute atomic E-state index is 0.0463. The van der Waals surface area contributed by atoms with Gasteiger partial charge in [0.05, 0.1) is 6.61 Å². The lowest BCUT2D eigenvalue weighted by molar-refractivity contribution is -0.141. The van der Waals surface area contributed by atoms with Crippen LogP contribution in [0.1, 0.15) is 61.6 Å². The number of aryl methyl sites for hydroxylation is 1. The molecule has 1 saturated carbocycles. The van der Waals surface area contributed by atoms with Gasteiger partial charge >= 0.3 is 0 Å². The van der Waals surface area contributed by atoms with Crippen LogP contribution in [0, 0.1) is 6.92 Å². The lowest BCUT2D eigenvalue weighted by Crippen LogP contribution is -2.52. The van der Waals surface area contributed by atoms with Crippen LogP contribution in [0.5, 0.6) is 5.75 Å². The van der Waals surface area contributed by atoms with E-state index < -0.39 is 6.04 Å². The van der Waals surface area contributed by atoms with Crippen molar-refractivity contribution in [1.29, 1.82) is 0 Å². The van der Waals surface area contributed by atoms with Gasteiger partial charge in [0.2, 0.25) is 11.8 Å². The number of nitrogens with one attached hydrogen (secondary N) is 1. The van der Waals surface area contributed by atoms with Crippen molar-refractivity contribution in [2.24, 2.45) is 0 Å². The number of rotatable bonds is 12. The normalized spacial score (nSPS) is 14.4. The van der Waals surface area contributed by atoms with Crippen LogP contribution in [0.2, 0.25) is 5.02 Å². The molecule has 0 spiro atoms. The Bertz CT molecular complexity index is 1180. The standard InChI is InChI=1S/C33H39ClN2O3/c1-25-14-16-27(17-15-25)24-36(32(37)13-8-22-39-30-20-18-28(34)19-21-30)31(23-26-9-4-2-5-10-26)33(38)35-29-11-6-3-7-12-29/h2,4-5,9-10,14-21,29,31H,3,6-8,11-13,22-24H2,1H3,(H,35,38)/t31-/m0/s1. The topological polar surface area (TPSA) is 58.6 Å². The molecule has 0 aliphatic heterocycles. The van der Waals surface area contributed by atoms with Crippen LogP contribution in [0.4, 0.5) is 0 Å². The third-order valence-electron chi connectivity index (χ3n) is 7.31. The highest BCUT2D eigenvalue weighted by Gasteiger charge is 2.31. The second-order valence-corrected chi connectivity index (χ2v) is 10.9. The molecule has 3 aromatic carbocycles. The third-order valence-corrected chi connectivity index (χ3v) is 7.57. The zero-order valence-electron chi connectivity index (χ0n) is 22.8. The molecule has 0 bridgehead atoms. The lowest BCUT2D eigenvalue weighted by atomic mass is 9.94. The molecule has 0 radical (unpaired) electrons. The van der Waals surface area contributed by atoms with E-state index in [2.05, 4.69) is 5.32 Å². The number of hydrogen-bond acceptors (Lipinski definition) is 3. The highest BCUT2D eigenvalue weighted by atomic mass is 35.5. The summed E-state index contributed by atoms with van der Waals surface area (Å²) in [6.45, 7) is 2.83. The third kappa shape index (κ3) is 9.14. The summed E-state index contributed by atoms with van der Waals surface area (Å²) in [6.07, 6.45) is 6.79.